The van der Waals surface area contributed by atoms with Gasteiger partial charge in [0, 0.05) is 30.1 Å². The Kier molecular flexibility index (Phi) is 4.72. The molecule has 0 bridgehead atoms. The van der Waals surface area contributed by atoms with Crippen LogP contribution in [0, 0.1) is 0 Å². The number of halogens is 1. The largest absolute Gasteiger partial charge is 0.478 e. The summed E-state index contributed by atoms with van der Waals surface area (Å²) in [7, 11) is -1.74. The van der Waals surface area contributed by atoms with Crippen molar-refractivity contribution in [2.24, 2.45) is 0 Å². The Morgan fingerprint density at radius 2 is 2.05 bits per heavy atom. The van der Waals surface area contributed by atoms with Crippen molar-refractivity contribution >= 4 is 31.9 Å². The molecule has 1 aromatic rings. The molecule has 2 rings (SSSR count). The van der Waals surface area contributed by atoms with E-state index in [1.165, 1.54) is 22.5 Å². The second kappa shape index (κ2) is 6.04. The summed E-state index contributed by atoms with van der Waals surface area (Å²) in [5, 5.41) is 9.11. The van der Waals surface area contributed by atoms with E-state index in [9.17, 15) is 13.2 Å². The fourth-order valence-electron chi connectivity index (χ4n) is 2.44. The molecule has 0 saturated carbocycles. The number of carboxylic acid groups (broad SMARTS) is 1. The van der Waals surface area contributed by atoms with Crippen molar-refractivity contribution in [2.45, 2.75) is 17.9 Å². The van der Waals surface area contributed by atoms with E-state index in [-0.39, 0.29) is 16.5 Å². The van der Waals surface area contributed by atoms with Crippen LogP contribution >= 0.6 is 15.9 Å². The molecule has 1 atom stereocenters. The Bertz CT molecular complexity index is 662. The van der Waals surface area contributed by atoms with Gasteiger partial charge < -0.3 is 10.0 Å². The Morgan fingerprint density at radius 1 is 1.38 bits per heavy atom. The third kappa shape index (κ3) is 3.28. The number of hydrogen-bond acceptors (Lipinski definition) is 4. The summed E-state index contributed by atoms with van der Waals surface area (Å²) in [5.41, 5.74) is -0.0575. The van der Waals surface area contributed by atoms with E-state index in [1.807, 2.05) is 14.0 Å². The van der Waals surface area contributed by atoms with Crippen LogP contribution < -0.4 is 0 Å². The van der Waals surface area contributed by atoms with Gasteiger partial charge in [-0.15, -0.1) is 0 Å². The molecular formula is C13H17BrN2O4S. The van der Waals surface area contributed by atoms with Crippen molar-refractivity contribution in [3.63, 3.8) is 0 Å². The summed E-state index contributed by atoms with van der Waals surface area (Å²) in [6, 6.07) is 3.94. The minimum Gasteiger partial charge on any atom is -0.478 e. The van der Waals surface area contributed by atoms with Crippen molar-refractivity contribution < 1.29 is 18.3 Å². The SMILES string of the molecule is CC1CN(C)CCN1S(=O)(=O)c1ccc(Br)c(C(=O)O)c1. The summed E-state index contributed by atoms with van der Waals surface area (Å²) in [6.45, 7) is 3.57. The first-order valence-corrected chi connectivity index (χ1v) is 8.70. The van der Waals surface area contributed by atoms with Crippen molar-refractivity contribution in [3.05, 3.63) is 28.2 Å². The van der Waals surface area contributed by atoms with Crippen LogP contribution in [0.15, 0.2) is 27.6 Å². The fourth-order valence-corrected chi connectivity index (χ4v) is 4.50. The lowest BCUT2D eigenvalue weighted by molar-refractivity contribution is 0.0695. The van der Waals surface area contributed by atoms with Crippen LogP contribution in [0.2, 0.25) is 0 Å². The monoisotopic (exact) mass is 376 g/mol. The van der Waals surface area contributed by atoms with Gasteiger partial charge in [0.25, 0.3) is 0 Å². The van der Waals surface area contributed by atoms with Gasteiger partial charge in [0.05, 0.1) is 10.5 Å². The fraction of sp³-hybridized carbons (Fsp3) is 0.462. The van der Waals surface area contributed by atoms with Crippen molar-refractivity contribution in [3.8, 4) is 0 Å². The number of benzene rings is 1. The average Bonchev–Trinajstić information content (AvgIpc) is 2.38. The molecule has 21 heavy (non-hydrogen) atoms. The maximum atomic E-state index is 12.7. The summed E-state index contributed by atoms with van der Waals surface area (Å²) in [6.07, 6.45) is 0. The number of carboxylic acids is 1. The molecule has 1 aliphatic heterocycles. The zero-order valence-corrected chi connectivity index (χ0v) is 14.2. The molecule has 0 aromatic heterocycles. The molecule has 0 radical (unpaired) electrons. The first kappa shape index (κ1) is 16.4. The van der Waals surface area contributed by atoms with Crippen molar-refractivity contribution in [1.82, 2.24) is 9.21 Å². The maximum Gasteiger partial charge on any atom is 0.336 e. The topological polar surface area (TPSA) is 77.9 Å². The van der Waals surface area contributed by atoms with Gasteiger partial charge in [0.2, 0.25) is 10.0 Å². The van der Waals surface area contributed by atoms with Gasteiger partial charge >= 0.3 is 5.97 Å². The van der Waals surface area contributed by atoms with E-state index >= 15 is 0 Å². The third-order valence-corrected chi connectivity index (χ3v) is 6.25. The van der Waals surface area contributed by atoms with E-state index in [2.05, 4.69) is 20.8 Å². The van der Waals surface area contributed by atoms with Gasteiger partial charge in [-0.25, -0.2) is 13.2 Å². The predicted octanol–water partition coefficient (Wildman–Crippen LogP) is 1.47. The minimum absolute atomic E-state index is 0.0134. The number of sulfonamides is 1. The minimum atomic E-state index is -3.68. The van der Waals surface area contributed by atoms with E-state index in [0.717, 1.165) is 0 Å². The Balaban J connectivity index is 2.40. The van der Waals surface area contributed by atoms with Crippen LogP contribution in [0.25, 0.3) is 0 Å². The van der Waals surface area contributed by atoms with Gasteiger partial charge in [-0.3, -0.25) is 0 Å². The van der Waals surface area contributed by atoms with E-state index < -0.39 is 16.0 Å². The zero-order valence-electron chi connectivity index (χ0n) is 11.8. The lowest BCUT2D eigenvalue weighted by Crippen LogP contribution is -2.52. The average molecular weight is 377 g/mol. The second-order valence-corrected chi connectivity index (χ2v) is 7.92. The zero-order chi connectivity index (χ0) is 15.8. The summed E-state index contributed by atoms with van der Waals surface area (Å²) >= 11 is 3.12. The Labute approximate surface area is 132 Å². The molecular weight excluding hydrogens is 360 g/mol. The third-order valence-electron chi connectivity index (χ3n) is 3.54. The van der Waals surface area contributed by atoms with Crippen LogP contribution in [-0.4, -0.2) is 61.4 Å². The van der Waals surface area contributed by atoms with Crippen LogP contribution in [0.3, 0.4) is 0 Å². The molecule has 8 heteroatoms. The molecule has 1 heterocycles. The second-order valence-electron chi connectivity index (χ2n) is 5.17. The van der Waals surface area contributed by atoms with Gasteiger partial charge in [0.15, 0.2) is 0 Å². The van der Waals surface area contributed by atoms with Crippen molar-refractivity contribution in [1.29, 1.82) is 0 Å². The molecule has 0 amide bonds. The van der Waals surface area contributed by atoms with Gasteiger partial charge in [0.1, 0.15) is 0 Å². The maximum absolute atomic E-state index is 12.7. The summed E-state index contributed by atoms with van der Waals surface area (Å²) < 4.78 is 27.2. The highest BCUT2D eigenvalue weighted by atomic mass is 79.9. The lowest BCUT2D eigenvalue weighted by atomic mass is 10.2. The first-order chi connectivity index (χ1) is 9.73. The molecule has 0 aliphatic carbocycles. The van der Waals surface area contributed by atoms with Gasteiger partial charge in [-0.05, 0) is 48.1 Å². The molecule has 6 nitrogen and oxygen atoms in total. The summed E-state index contributed by atoms with van der Waals surface area (Å²) in [5.74, 6) is -1.16. The molecule has 116 valence electrons. The Hall–Kier alpha value is -0.960. The van der Waals surface area contributed by atoms with Crippen LogP contribution in [0.4, 0.5) is 0 Å². The van der Waals surface area contributed by atoms with Crippen LogP contribution in [-0.2, 0) is 10.0 Å². The quantitative estimate of drug-likeness (QED) is 0.863. The highest BCUT2D eigenvalue weighted by Crippen LogP contribution is 2.25. The molecule has 0 spiro atoms. The number of likely N-dealkylation sites (N-methyl/N-ethyl adjacent to an activating group) is 1. The van der Waals surface area contributed by atoms with Crippen LogP contribution in [0.1, 0.15) is 17.3 Å². The first-order valence-electron chi connectivity index (χ1n) is 6.46. The summed E-state index contributed by atoms with van der Waals surface area (Å²) in [4.78, 5) is 13.2. The molecule has 1 saturated heterocycles. The predicted molar refractivity (Wildman–Crippen MR) is 82.0 cm³/mol. The smallest absolute Gasteiger partial charge is 0.336 e. The standard InChI is InChI=1S/C13H17BrN2O4S/c1-9-8-15(2)5-6-16(9)21(19,20)10-3-4-12(14)11(7-10)13(17)18/h3-4,7,9H,5-6,8H2,1-2H3,(H,17,18). The number of carbonyl (C=O) groups is 1. The highest BCUT2D eigenvalue weighted by Gasteiger charge is 2.33. The van der Waals surface area contributed by atoms with E-state index in [4.69, 9.17) is 5.11 Å². The van der Waals surface area contributed by atoms with Crippen LogP contribution in [0.5, 0.6) is 0 Å². The molecule has 1 aliphatic rings. The number of aromatic carboxylic acids is 1. The number of piperazine rings is 1. The normalized spacial score (nSPS) is 21.4. The number of nitrogens with zero attached hydrogens (tertiary/aromatic N) is 2. The molecule has 1 unspecified atom stereocenters. The highest BCUT2D eigenvalue weighted by molar-refractivity contribution is 9.10. The molecule has 1 aromatic carbocycles. The van der Waals surface area contributed by atoms with Crippen molar-refractivity contribution in [2.75, 3.05) is 26.7 Å². The molecule has 1 fully saturated rings. The number of rotatable bonds is 3. The lowest BCUT2D eigenvalue weighted by Gasteiger charge is -2.37. The van der Waals surface area contributed by atoms with E-state index in [1.54, 1.807) is 0 Å². The van der Waals surface area contributed by atoms with Gasteiger partial charge in [-0.2, -0.15) is 4.31 Å². The van der Waals surface area contributed by atoms with Gasteiger partial charge in [-0.1, -0.05) is 0 Å². The van der Waals surface area contributed by atoms with E-state index in [0.29, 0.717) is 24.1 Å². The molecule has 1 N–H and O–H groups in total. The number of hydrogen-bond donors (Lipinski definition) is 1. The Morgan fingerprint density at radius 3 is 2.62 bits per heavy atom.